The van der Waals surface area contributed by atoms with Crippen molar-refractivity contribution in [3.8, 4) is 0 Å². The largest absolute Gasteiger partial charge is 0.320 e. The number of nitrogens with zero attached hydrogens (tertiary/aromatic N) is 1. The molecule has 0 spiro atoms. The van der Waals surface area contributed by atoms with E-state index in [0.717, 1.165) is 6.54 Å². The lowest BCUT2D eigenvalue weighted by Gasteiger charge is -2.42. The van der Waals surface area contributed by atoms with Crippen molar-refractivity contribution in [3.05, 3.63) is 12.2 Å². The number of nitrogens with one attached hydrogen (secondary N) is 1. The zero-order chi connectivity index (χ0) is 26.5. The van der Waals surface area contributed by atoms with Crippen molar-refractivity contribution in [1.29, 1.82) is 0 Å². The summed E-state index contributed by atoms with van der Waals surface area (Å²) in [5, 5.41) is 3.35. The SMILES string of the molecule is C/C=C\C.CC.CC.CC.CC.CCC(CC)(CCNC)CCC(C)(CC)N1CCCC1. The lowest BCUT2D eigenvalue weighted by atomic mass is 9.72. The van der Waals surface area contributed by atoms with Gasteiger partial charge in [-0.25, -0.2) is 0 Å². The van der Waals surface area contributed by atoms with Crippen LogP contribution >= 0.6 is 0 Å². The molecular formula is C30H70N2. The lowest BCUT2D eigenvalue weighted by molar-refractivity contribution is 0.0888. The predicted octanol–water partition coefficient (Wildman–Crippen LogP) is 10.1. The Morgan fingerprint density at radius 2 is 1.09 bits per heavy atom. The highest BCUT2D eigenvalue weighted by Crippen LogP contribution is 2.40. The average Bonchev–Trinajstić information content (AvgIpc) is 3.45. The second-order valence-electron chi connectivity index (χ2n) is 7.77. The fraction of sp³-hybridized carbons (Fsp3) is 0.933. The van der Waals surface area contributed by atoms with Gasteiger partial charge in [0.15, 0.2) is 0 Å². The van der Waals surface area contributed by atoms with Gasteiger partial charge in [-0.3, -0.25) is 4.90 Å². The minimum absolute atomic E-state index is 0.436. The molecule has 1 N–H and O–H groups in total. The monoisotopic (exact) mass is 459 g/mol. The third-order valence-electron chi connectivity index (χ3n) is 6.56. The van der Waals surface area contributed by atoms with Gasteiger partial charge in [0.1, 0.15) is 0 Å². The first-order valence-corrected chi connectivity index (χ1v) is 14.4. The normalized spacial score (nSPS) is 14.6. The molecule has 1 unspecified atom stereocenters. The molecule has 200 valence electrons. The van der Waals surface area contributed by atoms with Crippen LogP contribution < -0.4 is 5.32 Å². The van der Waals surface area contributed by atoms with E-state index in [1.807, 2.05) is 81.4 Å². The van der Waals surface area contributed by atoms with Crippen LogP contribution in [0.1, 0.15) is 148 Å². The molecule has 1 saturated heterocycles. The maximum absolute atomic E-state index is 3.35. The van der Waals surface area contributed by atoms with Crippen molar-refractivity contribution < 1.29 is 0 Å². The summed E-state index contributed by atoms with van der Waals surface area (Å²) in [5.74, 6) is 0. The van der Waals surface area contributed by atoms with E-state index < -0.39 is 0 Å². The third-order valence-corrected chi connectivity index (χ3v) is 6.56. The zero-order valence-electron chi connectivity index (χ0n) is 25.9. The summed E-state index contributed by atoms with van der Waals surface area (Å²) in [6.45, 7) is 33.5. The van der Waals surface area contributed by atoms with Gasteiger partial charge in [-0.2, -0.15) is 0 Å². The number of likely N-dealkylation sites (tertiary alicyclic amines) is 1. The van der Waals surface area contributed by atoms with Gasteiger partial charge in [-0.1, -0.05) is 101 Å². The van der Waals surface area contributed by atoms with Crippen molar-refractivity contribution in [2.24, 2.45) is 5.41 Å². The highest BCUT2D eigenvalue weighted by Gasteiger charge is 2.35. The summed E-state index contributed by atoms with van der Waals surface area (Å²) in [6, 6.07) is 0. The van der Waals surface area contributed by atoms with Crippen LogP contribution in [0.3, 0.4) is 0 Å². The van der Waals surface area contributed by atoms with Crippen LogP contribution in [0.4, 0.5) is 0 Å². The third kappa shape index (κ3) is 20.3. The summed E-state index contributed by atoms with van der Waals surface area (Å²) in [7, 11) is 2.08. The molecule has 1 rings (SSSR count). The van der Waals surface area contributed by atoms with Crippen LogP contribution in [0, 0.1) is 5.41 Å². The quantitative estimate of drug-likeness (QED) is 0.327. The molecule has 0 bridgehead atoms. The van der Waals surface area contributed by atoms with Crippen LogP contribution in [0.5, 0.6) is 0 Å². The van der Waals surface area contributed by atoms with Crippen LogP contribution in [0.2, 0.25) is 0 Å². The molecule has 32 heavy (non-hydrogen) atoms. The highest BCUT2D eigenvalue weighted by atomic mass is 15.2. The predicted molar refractivity (Wildman–Crippen MR) is 156 cm³/mol. The summed E-state index contributed by atoms with van der Waals surface area (Å²) >= 11 is 0. The number of rotatable bonds is 10. The second-order valence-corrected chi connectivity index (χ2v) is 7.77. The molecule has 1 fully saturated rings. The Morgan fingerprint density at radius 3 is 1.38 bits per heavy atom. The summed E-state index contributed by atoms with van der Waals surface area (Å²) in [6.07, 6.45) is 14.8. The van der Waals surface area contributed by atoms with Crippen LogP contribution in [-0.2, 0) is 0 Å². The molecule has 0 aliphatic carbocycles. The van der Waals surface area contributed by atoms with Gasteiger partial charge >= 0.3 is 0 Å². The number of hydrogen-bond donors (Lipinski definition) is 1. The van der Waals surface area contributed by atoms with E-state index in [1.54, 1.807) is 0 Å². The summed E-state index contributed by atoms with van der Waals surface area (Å²) in [4.78, 5) is 2.77. The Balaban J connectivity index is -0.000000172. The van der Waals surface area contributed by atoms with Crippen molar-refractivity contribution in [2.75, 3.05) is 26.7 Å². The first-order chi connectivity index (χ1) is 15.5. The first-order valence-electron chi connectivity index (χ1n) is 14.4. The Kier molecular flexibility index (Phi) is 43.0. The van der Waals surface area contributed by atoms with Gasteiger partial charge in [0.25, 0.3) is 0 Å². The first kappa shape index (κ1) is 41.9. The van der Waals surface area contributed by atoms with E-state index >= 15 is 0 Å². The minimum Gasteiger partial charge on any atom is -0.320 e. The minimum atomic E-state index is 0.436. The smallest absolute Gasteiger partial charge is 0.0179 e. The topological polar surface area (TPSA) is 15.3 Å². The summed E-state index contributed by atoms with van der Waals surface area (Å²) < 4.78 is 0. The molecule has 1 aliphatic rings. The molecule has 1 atom stereocenters. The standard InChI is InChI=1S/C18H38N2.C4H8.4C2H6/c1-6-17(4,20-15-9-10-16-20)11-12-18(7-2,8-3)13-14-19-5;1-3-4-2;4*1-2/h19H,6-16H2,1-5H3;3-4H,1-2H3;4*1-2H3/b;4-3-;;;;. The molecule has 0 aromatic heterocycles. The van der Waals surface area contributed by atoms with Crippen molar-refractivity contribution in [3.63, 3.8) is 0 Å². The molecule has 0 aromatic carbocycles. The molecule has 0 aromatic rings. The van der Waals surface area contributed by atoms with Crippen LogP contribution in [0.15, 0.2) is 12.2 Å². The molecule has 1 aliphatic heterocycles. The van der Waals surface area contributed by atoms with E-state index in [-0.39, 0.29) is 0 Å². The Labute approximate surface area is 208 Å². The molecule has 0 radical (unpaired) electrons. The lowest BCUT2D eigenvalue weighted by Crippen LogP contribution is -2.45. The van der Waals surface area contributed by atoms with E-state index in [0.29, 0.717) is 11.0 Å². The van der Waals surface area contributed by atoms with Gasteiger partial charge < -0.3 is 5.32 Å². The van der Waals surface area contributed by atoms with Gasteiger partial charge in [-0.15, -0.1) is 0 Å². The number of hydrogen-bond acceptors (Lipinski definition) is 2. The average molecular weight is 459 g/mol. The second kappa shape index (κ2) is 32.8. The molecule has 1 heterocycles. The van der Waals surface area contributed by atoms with Gasteiger partial charge in [0.05, 0.1) is 0 Å². The van der Waals surface area contributed by atoms with Gasteiger partial charge in [0, 0.05) is 5.54 Å². The van der Waals surface area contributed by atoms with E-state index in [4.69, 9.17) is 0 Å². The van der Waals surface area contributed by atoms with Crippen LogP contribution in [0.25, 0.3) is 0 Å². The van der Waals surface area contributed by atoms with Crippen molar-refractivity contribution in [2.45, 2.75) is 154 Å². The highest BCUT2D eigenvalue weighted by molar-refractivity contribution is 4.90. The van der Waals surface area contributed by atoms with Crippen LogP contribution in [-0.4, -0.2) is 37.1 Å². The van der Waals surface area contributed by atoms with Gasteiger partial charge in [-0.05, 0) is 91.4 Å². The van der Waals surface area contributed by atoms with E-state index in [2.05, 4.69) is 45.0 Å². The van der Waals surface area contributed by atoms with Crippen molar-refractivity contribution >= 4 is 0 Å². The molecule has 0 amide bonds. The van der Waals surface area contributed by atoms with E-state index in [9.17, 15) is 0 Å². The summed E-state index contributed by atoms with van der Waals surface area (Å²) in [5.41, 5.74) is 0.991. The molecule has 2 nitrogen and oxygen atoms in total. The van der Waals surface area contributed by atoms with E-state index in [1.165, 1.54) is 64.5 Å². The maximum atomic E-state index is 3.35. The van der Waals surface area contributed by atoms with Gasteiger partial charge in [0.2, 0.25) is 0 Å². The fourth-order valence-electron chi connectivity index (χ4n) is 3.82. The van der Waals surface area contributed by atoms with Crippen molar-refractivity contribution in [1.82, 2.24) is 10.2 Å². The fourth-order valence-corrected chi connectivity index (χ4v) is 3.82. The number of allylic oxidation sites excluding steroid dienone is 2. The molecule has 2 heteroatoms. The maximum Gasteiger partial charge on any atom is 0.0179 e. The zero-order valence-corrected chi connectivity index (χ0v) is 25.9. The molecular weight excluding hydrogens is 388 g/mol. The Hall–Kier alpha value is -0.340. The Morgan fingerprint density at radius 1 is 0.688 bits per heavy atom. The molecule has 0 saturated carbocycles. The Bertz CT molecular complexity index is 311.